The second kappa shape index (κ2) is 8.63. The first-order valence-corrected chi connectivity index (χ1v) is 10.4. The zero-order valence-corrected chi connectivity index (χ0v) is 18.2. The third-order valence-corrected chi connectivity index (χ3v) is 6.07. The summed E-state index contributed by atoms with van der Waals surface area (Å²) in [6.45, 7) is 5.79. The average Bonchev–Trinajstić information content (AvgIpc) is 3.24. The van der Waals surface area contributed by atoms with E-state index in [0.29, 0.717) is 12.1 Å². The van der Waals surface area contributed by atoms with Gasteiger partial charge in [-0.2, -0.15) is 0 Å². The topological polar surface area (TPSA) is 114 Å². The molecule has 3 unspecified atom stereocenters. The highest BCUT2D eigenvalue weighted by molar-refractivity contribution is 5.66. The third kappa shape index (κ3) is 4.18. The maximum Gasteiger partial charge on any atom is 0.415 e. The van der Waals surface area contributed by atoms with Crippen molar-refractivity contribution < 1.29 is 32.7 Å². The normalized spacial score (nSPS) is 24.5. The Morgan fingerprint density at radius 2 is 2.06 bits per heavy atom. The zero-order chi connectivity index (χ0) is 24.8. The molecule has 13 heteroatoms. The van der Waals surface area contributed by atoms with E-state index < -0.39 is 51.7 Å². The molecular formula is C21H22F3N5O5. The van der Waals surface area contributed by atoms with E-state index in [9.17, 15) is 33.2 Å². The van der Waals surface area contributed by atoms with E-state index in [1.165, 1.54) is 16.8 Å². The number of benzene rings is 1. The van der Waals surface area contributed by atoms with Crippen molar-refractivity contribution in [2.45, 2.75) is 37.6 Å². The maximum atomic E-state index is 14.9. The van der Waals surface area contributed by atoms with Gasteiger partial charge in [-0.25, -0.2) is 18.0 Å². The molecule has 2 aliphatic rings. The van der Waals surface area contributed by atoms with Crippen molar-refractivity contribution in [1.29, 1.82) is 0 Å². The summed E-state index contributed by atoms with van der Waals surface area (Å²) in [6, 6.07) is -0.850. The number of rotatable bonds is 6. The largest absolute Gasteiger partial charge is 0.465 e. The molecule has 182 valence electrons. The molecule has 0 bridgehead atoms. The highest BCUT2D eigenvalue weighted by Gasteiger charge is 2.47. The maximum absolute atomic E-state index is 14.9. The van der Waals surface area contributed by atoms with Crippen LogP contribution in [0.2, 0.25) is 0 Å². The van der Waals surface area contributed by atoms with Gasteiger partial charge >= 0.3 is 17.9 Å². The van der Waals surface area contributed by atoms with Crippen LogP contribution in [0, 0.1) is 27.6 Å². The van der Waals surface area contributed by atoms with Crippen molar-refractivity contribution in [3.05, 3.63) is 64.1 Å². The minimum absolute atomic E-state index is 0.0386. The molecule has 4 rings (SSSR count). The number of amides is 1. The van der Waals surface area contributed by atoms with E-state index in [0.717, 1.165) is 4.90 Å². The number of hydrogen-bond donors (Lipinski definition) is 1. The number of aromatic nitrogens is 2. The summed E-state index contributed by atoms with van der Waals surface area (Å²) in [5.41, 5.74) is -1.43. The van der Waals surface area contributed by atoms with Crippen molar-refractivity contribution in [3.8, 4) is 6.01 Å². The lowest BCUT2D eigenvalue weighted by Gasteiger charge is -2.48. The van der Waals surface area contributed by atoms with Gasteiger partial charge in [0.1, 0.15) is 29.2 Å². The summed E-state index contributed by atoms with van der Waals surface area (Å²) in [6.07, 6.45) is 1.53. The number of nitro groups is 1. The Morgan fingerprint density at radius 1 is 1.38 bits per heavy atom. The molecule has 0 radical (unpaired) electrons. The lowest BCUT2D eigenvalue weighted by molar-refractivity contribution is -0.389. The number of imidazole rings is 1. The van der Waals surface area contributed by atoms with Gasteiger partial charge < -0.3 is 24.9 Å². The Hall–Kier alpha value is -3.61. The fourth-order valence-corrected chi connectivity index (χ4v) is 4.80. The fourth-order valence-electron chi connectivity index (χ4n) is 4.80. The highest BCUT2D eigenvalue weighted by atomic mass is 19.1. The summed E-state index contributed by atoms with van der Waals surface area (Å²) in [5.74, 6) is -3.72. The van der Waals surface area contributed by atoms with Gasteiger partial charge in [0.15, 0.2) is 0 Å². The van der Waals surface area contributed by atoms with Gasteiger partial charge in [-0.15, -0.1) is 6.58 Å². The predicted octanol–water partition coefficient (Wildman–Crippen LogP) is 3.34. The number of ether oxygens (including phenoxy) is 1. The first-order valence-electron chi connectivity index (χ1n) is 10.4. The van der Waals surface area contributed by atoms with Gasteiger partial charge in [-0.05, 0) is 18.3 Å². The van der Waals surface area contributed by atoms with Crippen molar-refractivity contribution in [3.63, 3.8) is 0 Å². The molecule has 10 nitrogen and oxygen atoms in total. The molecule has 1 amide bonds. The van der Waals surface area contributed by atoms with Gasteiger partial charge in [0.05, 0.1) is 18.6 Å². The Morgan fingerprint density at radius 3 is 2.62 bits per heavy atom. The minimum atomic E-state index is -1.25. The Balaban J connectivity index is 1.70. The standard InChI is InChI=1S/C21H22F3N5O5/c1-3-4-15-18(17-13(23)7-12(22)8-14(17)24)26(5-6-28(15)20(30)31)10-21(2)11-27-9-16(29(32)33)25-19(27)34-21/h3,7-9,15,18H,1,4-6,10-11H2,2H3,(H,30,31). The average molecular weight is 481 g/mol. The molecule has 1 saturated heterocycles. The van der Waals surface area contributed by atoms with Crippen LogP contribution in [0.4, 0.5) is 23.8 Å². The van der Waals surface area contributed by atoms with Gasteiger partial charge in [0, 0.05) is 42.3 Å². The van der Waals surface area contributed by atoms with Crippen molar-refractivity contribution >= 4 is 11.9 Å². The second-order valence-electron chi connectivity index (χ2n) is 8.58. The van der Waals surface area contributed by atoms with Crippen LogP contribution in [0.15, 0.2) is 31.0 Å². The lowest BCUT2D eigenvalue weighted by Crippen LogP contribution is -2.59. The van der Waals surface area contributed by atoms with Gasteiger partial charge in [-0.3, -0.25) is 9.47 Å². The lowest BCUT2D eigenvalue weighted by atomic mass is 9.89. The summed E-state index contributed by atoms with van der Waals surface area (Å²) in [5, 5.41) is 20.7. The zero-order valence-electron chi connectivity index (χ0n) is 18.2. The van der Waals surface area contributed by atoms with Crippen LogP contribution in [-0.2, 0) is 6.54 Å². The number of halogens is 3. The smallest absolute Gasteiger partial charge is 0.415 e. The van der Waals surface area contributed by atoms with Crippen molar-refractivity contribution in [2.75, 3.05) is 19.6 Å². The van der Waals surface area contributed by atoms with E-state index in [2.05, 4.69) is 11.6 Å². The molecule has 2 aliphatic heterocycles. The molecule has 1 N–H and O–H groups in total. The second-order valence-corrected chi connectivity index (χ2v) is 8.58. The van der Waals surface area contributed by atoms with E-state index in [1.54, 1.807) is 11.8 Å². The molecule has 1 aromatic carbocycles. The summed E-state index contributed by atoms with van der Waals surface area (Å²) >= 11 is 0. The number of piperazine rings is 1. The van der Waals surface area contributed by atoms with Crippen LogP contribution in [-0.4, -0.2) is 66.8 Å². The number of nitrogens with zero attached hydrogens (tertiary/aromatic N) is 5. The van der Waals surface area contributed by atoms with Crippen LogP contribution < -0.4 is 4.74 Å². The Bertz CT molecular complexity index is 1110. The highest BCUT2D eigenvalue weighted by Crippen LogP contribution is 2.39. The summed E-state index contributed by atoms with van der Waals surface area (Å²) < 4.78 is 50.8. The van der Waals surface area contributed by atoms with Crippen LogP contribution in [0.1, 0.15) is 24.9 Å². The number of fused-ring (bicyclic) bond motifs is 1. The molecule has 3 atom stereocenters. The SMILES string of the molecule is C=CCC1C(c2c(F)cc(F)cc2F)N(CC2(C)Cn3cc([N+](=O)[O-])nc3O2)CCN1C(=O)O. The molecule has 1 aromatic heterocycles. The number of hydrogen-bond acceptors (Lipinski definition) is 6. The van der Waals surface area contributed by atoms with Crippen LogP contribution in [0.5, 0.6) is 6.01 Å². The monoisotopic (exact) mass is 481 g/mol. The Labute approximate surface area is 192 Å². The van der Waals surface area contributed by atoms with Crippen molar-refractivity contribution in [2.24, 2.45) is 0 Å². The molecule has 2 aromatic rings. The van der Waals surface area contributed by atoms with Crippen LogP contribution in [0.25, 0.3) is 0 Å². The van der Waals surface area contributed by atoms with E-state index in [-0.39, 0.29) is 44.4 Å². The van der Waals surface area contributed by atoms with Crippen molar-refractivity contribution in [1.82, 2.24) is 19.4 Å². The van der Waals surface area contributed by atoms with Gasteiger partial charge in [0.2, 0.25) is 0 Å². The molecular weight excluding hydrogens is 459 g/mol. The molecule has 34 heavy (non-hydrogen) atoms. The molecule has 3 heterocycles. The van der Waals surface area contributed by atoms with E-state index in [4.69, 9.17) is 4.74 Å². The summed E-state index contributed by atoms with van der Waals surface area (Å²) in [4.78, 5) is 28.8. The fraction of sp³-hybridized carbons (Fsp3) is 0.429. The first-order chi connectivity index (χ1) is 16.0. The molecule has 0 aliphatic carbocycles. The quantitative estimate of drug-likeness (QED) is 0.382. The van der Waals surface area contributed by atoms with Gasteiger partial charge in [0.25, 0.3) is 0 Å². The Kier molecular flexibility index (Phi) is 5.98. The minimum Gasteiger partial charge on any atom is -0.465 e. The predicted molar refractivity (Wildman–Crippen MR) is 112 cm³/mol. The first kappa shape index (κ1) is 23.5. The van der Waals surface area contributed by atoms with Crippen LogP contribution in [0.3, 0.4) is 0 Å². The molecule has 0 saturated carbocycles. The molecule has 0 spiro atoms. The van der Waals surface area contributed by atoms with E-state index in [1.807, 2.05) is 0 Å². The number of carboxylic acid groups (broad SMARTS) is 1. The summed E-state index contributed by atoms with van der Waals surface area (Å²) in [7, 11) is 0. The van der Waals surface area contributed by atoms with Crippen LogP contribution >= 0.6 is 0 Å². The van der Waals surface area contributed by atoms with Gasteiger partial charge in [-0.1, -0.05) is 6.08 Å². The third-order valence-electron chi connectivity index (χ3n) is 6.07. The number of carbonyl (C=O) groups is 1. The van der Waals surface area contributed by atoms with E-state index >= 15 is 0 Å². The molecule has 1 fully saturated rings.